The molecule has 2 fully saturated rings. The first-order chi connectivity index (χ1) is 10.2. The highest BCUT2D eigenvalue weighted by Gasteiger charge is 2.43. The van der Waals surface area contributed by atoms with Crippen molar-refractivity contribution in [1.29, 1.82) is 0 Å². The first-order valence-corrected chi connectivity index (χ1v) is 7.50. The van der Waals surface area contributed by atoms with Crippen LogP contribution in [0.15, 0.2) is 12.4 Å². The van der Waals surface area contributed by atoms with E-state index in [0.717, 1.165) is 37.3 Å². The number of piperidine rings is 1. The summed E-state index contributed by atoms with van der Waals surface area (Å²) in [6, 6.07) is -0.0103. The van der Waals surface area contributed by atoms with E-state index in [-0.39, 0.29) is 6.03 Å². The number of likely N-dealkylation sites (tertiary alicyclic amines) is 1. The summed E-state index contributed by atoms with van der Waals surface area (Å²) in [5.41, 5.74) is 1.66. The van der Waals surface area contributed by atoms with Gasteiger partial charge in [0.15, 0.2) is 0 Å². The number of hydrogen-bond acceptors (Lipinski definition) is 4. The number of nitrogens with one attached hydrogen (secondary N) is 1. The molecular formula is C15H22N4O2. The molecule has 1 unspecified atom stereocenters. The first-order valence-electron chi connectivity index (χ1n) is 7.50. The maximum Gasteiger partial charge on any atom is 0.317 e. The highest BCUT2D eigenvalue weighted by atomic mass is 16.5. The van der Waals surface area contributed by atoms with Crippen LogP contribution in [-0.2, 0) is 11.3 Å². The molecule has 1 aromatic heterocycles. The number of aromatic nitrogens is 2. The van der Waals surface area contributed by atoms with Crippen LogP contribution in [0.1, 0.15) is 24.2 Å². The van der Waals surface area contributed by atoms with Gasteiger partial charge in [0.25, 0.3) is 0 Å². The van der Waals surface area contributed by atoms with Gasteiger partial charge in [0.1, 0.15) is 0 Å². The van der Waals surface area contributed by atoms with Crippen molar-refractivity contribution in [2.75, 3.05) is 20.2 Å². The van der Waals surface area contributed by atoms with Gasteiger partial charge in [0.2, 0.25) is 0 Å². The Bertz CT molecular complexity index is 491. The number of fused-ring (bicyclic) bond motifs is 2. The van der Waals surface area contributed by atoms with E-state index in [9.17, 15) is 4.79 Å². The number of nitrogens with zero attached hydrogens (tertiary/aromatic N) is 3. The van der Waals surface area contributed by atoms with Crippen LogP contribution in [0.5, 0.6) is 0 Å². The molecule has 21 heavy (non-hydrogen) atoms. The van der Waals surface area contributed by atoms with Crippen molar-refractivity contribution in [1.82, 2.24) is 20.2 Å². The SMILES string of the molecule is COC1[C@@H]2CC[C@H]1CN(C(=O)NCc1cnc(C)cn1)C2. The molecule has 6 heteroatoms. The minimum atomic E-state index is -0.0103. The Morgan fingerprint density at radius 1 is 1.33 bits per heavy atom. The highest BCUT2D eigenvalue weighted by Crippen LogP contribution is 2.38. The van der Waals surface area contributed by atoms with Gasteiger partial charge < -0.3 is 15.0 Å². The molecule has 1 aliphatic heterocycles. The van der Waals surface area contributed by atoms with E-state index in [1.165, 1.54) is 0 Å². The van der Waals surface area contributed by atoms with Crippen molar-refractivity contribution in [3.8, 4) is 0 Å². The standard InChI is InChI=1S/C15H22N4O2/c1-10-5-17-13(6-16-10)7-18-15(20)19-8-11-3-4-12(9-19)14(11)21-2/h5-6,11-12,14H,3-4,7-9H2,1-2H3,(H,18,20)/t11-,12+,14?. The summed E-state index contributed by atoms with van der Waals surface area (Å²) in [7, 11) is 1.78. The number of aryl methyl sites for hydroxylation is 1. The van der Waals surface area contributed by atoms with Gasteiger partial charge in [0, 0.05) is 38.2 Å². The Hall–Kier alpha value is -1.69. The zero-order chi connectivity index (χ0) is 14.8. The minimum Gasteiger partial charge on any atom is -0.381 e. The molecule has 2 heterocycles. The zero-order valence-corrected chi connectivity index (χ0v) is 12.6. The van der Waals surface area contributed by atoms with Crippen molar-refractivity contribution in [3.05, 3.63) is 23.8 Å². The fraction of sp³-hybridized carbons (Fsp3) is 0.667. The number of ether oxygens (including phenoxy) is 1. The topological polar surface area (TPSA) is 67.3 Å². The zero-order valence-electron chi connectivity index (χ0n) is 12.6. The van der Waals surface area contributed by atoms with Crippen molar-refractivity contribution in [2.24, 2.45) is 11.8 Å². The van der Waals surface area contributed by atoms with Crippen molar-refractivity contribution < 1.29 is 9.53 Å². The number of amides is 2. The predicted octanol–water partition coefficient (Wildman–Crippen LogP) is 1.35. The third-order valence-corrected chi connectivity index (χ3v) is 4.56. The van der Waals surface area contributed by atoms with Crippen LogP contribution in [0.4, 0.5) is 4.79 Å². The molecule has 0 aromatic carbocycles. The van der Waals surface area contributed by atoms with Gasteiger partial charge in [0.05, 0.1) is 30.2 Å². The number of methoxy groups -OCH3 is 1. The number of carbonyl (C=O) groups excluding carboxylic acids is 1. The maximum atomic E-state index is 12.3. The van der Waals surface area contributed by atoms with Crippen LogP contribution >= 0.6 is 0 Å². The molecule has 2 amide bonds. The normalized spacial score (nSPS) is 27.7. The molecule has 1 saturated carbocycles. The molecule has 3 atom stereocenters. The predicted molar refractivity (Wildman–Crippen MR) is 77.6 cm³/mol. The van der Waals surface area contributed by atoms with Gasteiger partial charge >= 0.3 is 6.03 Å². The monoisotopic (exact) mass is 290 g/mol. The second-order valence-electron chi connectivity index (χ2n) is 6.01. The molecule has 2 aliphatic rings. The Morgan fingerprint density at radius 2 is 2.05 bits per heavy atom. The highest BCUT2D eigenvalue weighted by molar-refractivity contribution is 5.74. The van der Waals surface area contributed by atoms with Crippen molar-refractivity contribution in [3.63, 3.8) is 0 Å². The molecule has 1 N–H and O–H groups in total. The third kappa shape index (κ3) is 3.00. The van der Waals surface area contributed by atoms with Crippen LogP contribution in [0.3, 0.4) is 0 Å². The van der Waals surface area contributed by atoms with E-state index in [4.69, 9.17) is 4.74 Å². The number of carbonyl (C=O) groups is 1. The lowest BCUT2D eigenvalue weighted by molar-refractivity contribution is -0.00510. The van der Waals surface area contributed by atoms with Crippen molar-refractivity contribution >= 4 is 6.03 Å². The summed E-state index contributed by atoms with van der Waals surface area (Å²) in [5.74, 6) is 0.970. The summed E-state index contributed by atoms with van der Waals surface area (Å²) >= 11 is 0. The van der Waals surface area contributed by atoms with Crippen LogP contribution < -0.4 is 5.32 Å². The van der Waals surface area contributed by atoms with Gasteiger partial charge in [-0.15, -0.1) is 0 Å². The van der Waals surface area contributed by atoms with Crippen molar-refractivity contribution in [2.45, 2.75) is 32.4 Å². The molecule has 2 bridgehead atoms. The van der Waals surface area contributed by atoms with E-state index in [1.807, 2.05) is 11.8 Å². The van der Waals surface area contributed by atoms with Gasteiger partial charge in [-0.2, -0.15) is 0 Å². The molecular weight excluding hydrogens is 268 g/mol. The Morgan fingerprint density at radius 3 is 2.62 bits per heavy atom. The van der Waals surface area contributed by atoms with E-state index in [2.05, 4.69) is 15.3 Å². The molecule has 0 radical (unpaired) electrons. The maximum absolute atomic E-state index is 12.3. The lowest BCUT2D eigenvalue weighted by atomic mass is 9.95. The van der Waals surface area contributed by atoms with E-state index in [0.29, 0.717) is 24.5 Å². The molecule has 0 spiro atoms. The second-order valence-corrected chi connectivity index (χ2v) is 6.01. The fourth-order valence-electron chi connectivity index (χ4n) is 3.51. The summed E-state index contributed by atoms with van der Waals surface area (Å²) in [6.07, 6.45) is 6.08. The number of urea groups is 1. The van der Waals surface area contributed by atoms with Crippen LogP contribution in [0, 0.1) is 18.8 Å². The smallest absolute Gasteiger partial charge is 0.317 e. The van der Waals surface area contributed by atoms with Crippen LogP contribution in [0.2, 0.25) is 0 Å². The molecule has 6 nitrogen and oxygen atoms in total. The van der Waals surface area contributed by atoms with E-state index < -0.39 is 0 Å². The molecule has 1 aromatic rings. The molecule has 3 rings (SSSR count). The third-order valence-electron chi connectivity index (χ3n) is 4.56. The Kier molecular flexibility index (Phi) is 4.05. The number of hydrogen-bond donors (Lipinski definition) is 1. The summed E-state index contributed by atoms with van der Waals surface area (Å²) < 4.78 is 5.57. The quantitative estimate of drug-likeness (QED) is 0.912. The lowest BCUT2D eigenvalue weighted by Gasteiger charge is -2.37. The molecule has 1 saturated heterocycles. The average molecular weight is 290 g/mol. The van der Waals surface area contributed by atoms with E-state index >= 15 is 0 Å². The van der Waals surface area contributed by atoms with Crippen LogP contribution in [-0.4, -0.2) is 47.2 Å². The average Bonchev–Trinajstić information content (AvgIpc) is 2.74. The number of rotatable bonds is 3. The summed E-state index contributed by atoms with van der Waals surface area (Å²) in [4.78, 5) is 22.6. The summed E-state index contributed by atoms with van der Waals surface area (Å²) in [5, 5.41) is 2.93. The first kappa shape index (κ1) is 14.3. The van der Waals surface area contributed by atoms with Crippen LogP contribution in [0.25, 0.3) is 0 Å². The van der Waals surface area contributed by atoms with E-state index in [1.54, 1.807) is 19.5 Å². The summed E-state index contributed by atoms with van der Waals surface area (Å²) in [6.45, 7) is 3.90. The van der Waals surface area contributed by atoms with Gasteiger partial charge in [-0.25, -0.2) is 4.79 Å². The van der Waals surface area contributed by atoms with Gasteiger partial charge in [-0.1, -0.05) is 0 Å². The fourth-order valence-corrected chi connectivity index (χ4v) is 3.51. The molecule has 114 valence electrons. The lowest BCUT2D eigenvalue weighted by Crippen LogP contribution is -2.51. The second kappa shape index (κ2) is 5.97. The minimum absolute atomic E-state index is 0.0103. The van der Waals surface area contributed by atoms with Gasteiger partial charge in [-0.05, 0) is 19.8 Å². The van der Waals surface area contributed by atoms with Gasteiger partial charge in [-0.3, -0.25) is 9.97 Å². The molecule has 1 aliphatic carbocycles. The Balaban J connectivity index is 1.53. The largest absolute Gasteiger partial charge is 0.381 e. The Labute approximate surface area is 124 Å².